The van der Waals surface area contributed by atoms with E-state index >= 15 is 0 Å². The normalized spacial score (nSPS) is 19.1. The fourth-order valence-electron chi connectivity index (χ4n) is 4.07. The lowest BCUT2D eigenvalue weighted by Crippen LogP contribution is -2.29. The van der Waals surface area contributed by atoms with Crippen LogP contribution in [0.15, 0.2) is 66.9 Å². The molecule has 0 bridgehead atoms. The van der Waals surface area contributed by atoms with Gasteiger partial charge >= 0.3 is 0 Å². The molecule has 0 saturated heterocycles. The van der Waals surface area contributed by atoms with Crippen molar-refractivity contribution in [1.82, 2.24) is 4.57 Å². The average molecular weight is 389 g/mol. The number of rotatable bonds is 6. The van der Waals surface area contributed by atoms with Crippen molar-refractivity contribution < 1.29 is 9.90 Å². The molecule has 29 heavy (non-hydrogen) atoms. The van der Waals surface area contributed by atoms with E-state index in [9.17, 15) is 9.90 Å². The Bertz CT molecular complexity index is 973. The predicted molar refractivity (Wildman–Crippen MR) is 115 cm³/mol. The number of amides is 1. The number of aliphatic hydroxyl groups is 1. The van der Waals surface area contributed by atoms with Crippen LogP contribution in [0.2, 0.25) is 0 Å². The Morgan fingerprint density at radius 3 is 2.52 bits per heavy atom. The van der Waals surface area contributed by atoms with Crippen LogP contribution in [0.25, 0.3) is 5.69 Å². The van der Waals surface area contributed by atoms with Crippen molar-refractivity contribution >= 4 is 11.6 Å². The molecule has 3 aromatic rings. The number of nitrogens with one attached hydrogen (secondary N) is 1. The van der Waals surface area contributed by atoms with E-state index in [1.807, 2.05) is 42.6 Å². The Labute approximate surface area is 171 Å². The summed E-state index contributed by atoms with van der Waals surface area (Å²) in [6.07, 6.45) is 5.98. The third-order valence-corrected chi connectivity index (χ3v) is 5.66. The van der Waals surface area contributed by atoms with E-state index < -0.39 is 5.91 Å². The van der Waals surface area contributed by atoms with Crippen LogP contribution in [0.1, 0.15) is 47.3 Å². The number of primary amides is 1. The highest BCUT2D eigenvalue weighted by Gasteiger charge is 2.21. The monoisotopic (exact) mass is 389 g/mol. The van der Waals surface area contributed by atoms with E-state index in [-0.39, 0.29) is 12.1 Å². The number of hydrogen-bond acceptors (Lipinski definition) is 3. The van der Waals surface area contributed by atoms with Crippen LogP contribution in [0.3, 0.4) is 0 Å². The molecule has 0 unspecified atom stereocenters. The summed E-state index contributed by atoms with van der Waals surface area (Å²) in [6, 6.07) is 20.5. The number of anilines is 1. The van der Waals surface area contributed by atoms with Gasteiger partial charge in [0.1, 0.15) is 0 Å². The molecule has 1 saturated carbocycles. The molecule has 4 rings (SSSR count). The fourth-order valence-corrected chi connectivity index (χ4v) is 4.07. The molecule has 1 amide bonds. The summed E-state index contributed by atoms with van der Waals surface area (Å²) in [5, 5.41) is 13.2. The van der Waals surface area contributed by atoms with Gasteiger partial charge in [0.05, 0.1) is 11.7 Å². The van der Waals surface area contributed by atoms with Gasteiger partial charge in [-0.25, -0.2) is 0 Å². The summed E-state index contributed by atoms with van der Waals surface area (Å²) >= 11 is 0. The highest BCUT2D eigenvalue weighted by Crippen LogP contribution is 2.27. The Morgan fingerprint density at radius 1 is 1.03 bits per heavy atom. The predicted octanol–water partition coefficient (Wildman–Crippen LogP) is 3.88. The van der Waals surface area contributed by atoms with Gasteiger partial charge in [-0.15, -0.1) is 0 Å². The van der Waals surface area contributed by atoms with E-state index in [4.69, 9.17) is 5.73 Å². The quantitative estimate of drug-likeness (QED) is 0.598. The lowest BCUT2D eigenvalue weighted by molar-refractivity contribution is 0.100. The molecule has 1 aliphatic rings. The number of aromatic nitrogens is 1. The maximum Gasteiger partial charge on any atom is 0.250 e. The smallest absolute Gasteiger partial charge is 0.250 e. The largest absolute Gasteiger partial charge is 0.393 e. The van der Waals surface area contributed by atoms with Crippen LogP contribution < -0.4 is 11.1 Å². The minimum absolute atomic E-state index is 0.213. The molecule has 5 heteroatoms. The number of carbonyl (C=O) groups is 1. The van der Waals surface area contributed by atoms with Crippen molar-refractivity contribution in [2.24, 2.45) is 5.73 Å². The molecule has 2 aromatic carbocycles. The second kappa shape index (κ2) is 8.53. The zero-order valence-corrected chi connectivity index (χ0v) is 16.4. The zero-order valence-electron chi connectivity index (χ0n) is 16.4. The van der Waals surface area contributed by atoms with Crippen molar-refractivity contribution in [2.75, 3.05) is 5.32 Å². The molecule has 0 radical (unpaired) electrons. The first-order chi connectivity index (χ1) is 14.1. The molecule has 0 spiro atoms. The molecule has 1 aliphatic carbocycles. The van der Waals surface area contributed by atoms with Gasteiger partial charge in [0.25, 0.3) is 5.91 Å². The maximum absolute atomic E-state index is 12.0. The van der Waals surface area contributed by atoms with E-state index in [0.29, 0.717) is 5.56 Å². The molecule has 0 atom stereocenters. The van der Waals surface area contributed by atoms with Gasteiger partial charge in [-0.3, -0.25) is 4.79 Å². The topological polar surface area (TPSA) is 80.3 Å². The highest BCUT2D eigenvalue weighted by molar-refractivity contribution is 5.99. The lowest BCUT2D eigenvalue weighted by atomic mass is 9.92. The number of carbonyl (C=O) groups excluding carboxylic acids is 1. The second-order valence-electron chi connectivity index (χ2n) is 7.78. The van der Waals surface area contributed by atoms with Crippen LogP contribution >= 0.6 is 0 Å². The molecule has 4 N–H and O–H groups in total. The Hall–Kier alpha value is -3.05. The minimum Gasteiger partial charge on any atom is -0.393 e. The van der Waals surface area contributed by atoms with Gasteiger partial charge in [0.2, 0.25) is 0 Å². The fraction of sp³-hybridized carbons (Fsp3) is 0.292. The summed E-state index contributed by atoms with van der Waals surface area (Å²) < 4.78 is 2.15. The van der Waals surface area contributed by atoms with Crippen molar-refractivity contribution in [2.45, 2.75) is 44.2 Å². The Balaban J connectivity index is 1.62. The van der Waals surface area contributed by atoms with Gasteiger partial charge in [0.15, 0.2) is 0 Å². The standard InChI is InChI=1S/C24H27N3O2/c25-24(29)22-13-10-20(16-23(22)26-18-8-11-21(28)12-9-18)27-14-4-7-19(27)15-17-5-2-1-3-6-17/h1-7,10,13-14,16,18,21,26,28H,8-9,11-12,15H2,(H2,25,29)/t18-,21-. The number of nitrogens with zero attached hydrogens (tertiary/aromatic N) is 1. The van der Waals surface area contributed by atoms with E-state index in [1.165, 1.54) is 11.3 Å². The van der Waals surface area contributed by atoms with Gasteiger partial charge < -0.3 is 20.7 Å². The van der Waals surface area contributed by atoms with E-state index in [2.05, 4.69) is 28.1 Å². The molecular formula is C24H27N3O2. The SMILES string of the molecule is NC(=O)c1ccc(-n2cccc2Cc2ccccc2)cc1N[C@H]1CC[C@H](O)CC1. The first-order valence-electron chi connectivity index (χ1n) is 10.2. The summed E-state index contributed by atoms with van der Waals surface area (Å²) in [5.41, 5.74) is 10.3. The van der Waals surface area contributed by atoms with Crippen molar-refractivity contribution in [3.8, 4) is 5.69 Å². The average Bonchev–Trinajstić information content (AvgIpc) is 3.18. The molecule has 1 fully saturated rings. The number of aliphatic hydroxyl groups excluding tert-OH is 1. The molecule has 150 valence electrons. The summed E-state index contributed by atoms with van der Waals surface area (Å²) in [4.78, 5) is 12.0. The molecular weight excluding hydrogens is 362 g/mol. The van der Waals surface area contributed by atoms with E-state index in [1.54, 1.807) is 6.07 Å². The summed E-state index contributed by atoms with van der Waals surface area (Å²) in [7, 11) is 0. The zero-order chi connectivity index (χ0) is 20.2. The Morgan fingerprint density at radius 2 is 1.79 bits per heavy atom. The first kappa shape index (κ1) is 19.3. The summed E-state index contributed by atoms with van der Waals surface area (Å²) in [5.74, 6) is -0.438. The van der Waals surface area contributed by atoms with Gasteiger partial charge in [-0.1, -0.05) is 30.3 Å². The number of benzene rings is 2. The minimum atomic E-state index is -0.438. The van der Waals surface area contributed by atoms with E-state index in [0.717, 1.165) is 43.5 Å². The second-order valence-corrected chi connectivity index (χ2v) is 7.78. The Kier molecular flexibility index (Phi) is 5.67. The molecule has 1 aromatic heterocycles. The van der Waals surface area contributed by atoms with Crippen molar-refractivity contribution in [3.05, 3.63) is 83.7 Å². The van der Waals surface area contributed by atoms with Crippen LogP contribution in [0.5, 0.6) is 0 Å². The number of nitrogens with two attached hydrogens (primary N) is 1. The van der Waals surface area contributed by atoms with Gasteiger partial charge in [-0.05, 0) is 61.6 Å². The maximum atomic E-state index is 12.0. The lowest BCUT2D eigenvalue weighted by Gasteiger charge is -2.28. The van der Waals surface area contributed by atoms with Gasteiger partial charge in [0, 0.05) is 35.7 Å². The first-order valence-corrected chi connectivity index (χ1v) is 10.2. The third-order valence-electron chi connectivity index (χ3n) is 5.66. The van der Waals surface area contributed by atoms with Crippen LogP contribution in [-0.4, -0.2) is 27.7 Å². The van der Waals surface area contributed by atoms with Gasteiger partial charge in [-0.2, -0.15) is 0 Å². The van der Waals surface area contributed by atoms with Crippen LogP contribution in [0, 0.1) is 0 Å². The summed E-state index contributed by atoms with van der Waals surface area (Å²) in [6.45, 7) is 0. The van der Waals surface area contributed by atoms with Crippen LogP contribution in [-0.2, 0) is 6.42 Å². The van der Waals surface area contributed by atoms with Crippen molar-refractivity contribution in [3.63, 3.8) is 0 Å². The van der Waals surface area contributed by atoms with Crippen LogP contribution in [0.4, 0.5) is 5.69 Å². The third kappa shape index (κ3) is 4.51. The molecule has 5 nitrogen and oxygen atoms in total. The highest BCUT2D eigenvalue weighted by atomic mass is 16.3. The van der Waals surface area contributed by atoms with Crippen molar-refractivity contribution in [1.29, 1.82) is 0 Å². The molecule has 1 heterocycles. The number of hydrogen-bond donors (Lipinski definition) is 3. The molecule has 0 aliphatic heterocycles.